The van der Waals surface area contributed by atoms with Gasteiger partial charge in [-0.2, -0.15) is 0 Å². The summed E-state index contributed by atoms with van der Waals surface area (Å²) < 4.78 is 21.4. The zero-order valence-corrected chi connectivity index (χ0v) is 27.0. The lowest BCUT2D eigenvalue weighted by atomic mass is 9.68. The largest absolute Gasteiger partial charge is 0.463 e. The first-order valence-electron chi connectivity index (χ1n) is 15.1. The highest BCUT2D eigenvalue weighted by Gasteiger charge is 2.39. The molecule has 0 saturated carbocycles. The lowest BCUT2D eigenvalue weighted by Crippen LogP contribution is -2.41. The van der Waals surface area contributed by atoms with Crippen molar-refractivity contribution in [1.82, 2.24) is 0 Å². The Morgan fingerprint density at radius 2 is 1.00 bits per heavy atom. The van der Waals surface area contributed by atoms with E-state index in [2.05, 4.69) is 53.7 Å². The molecule has 0 aromatic heterocycles. The van der Waals surface area contributed by atoms with Crippen molar-refractivity contribution in [3.05, 3.63) is 47.6 Å². The number of aliphatic hydroxyl groups is 2. The second-order valence-corrected chi connectivity index (χ2v) is 14.0. The fraction of sp³-hybridized carbons (Fsp3) is 0.706. The van der Waals surface area contributed by atoms with Gasteiger partial charge >= 0.3 is 11.9 Å². The smallest absolute Gasteiger partial charge is 0.306 e. The van der Waals surface area contributed by atoms with Gasteiger partial charge in [-0.1, -0.05) is 89.1 Å². The lowest BCUT2D eigenvalue weighted by Gasteiger charge is -2.40. The number of rotatable bonds is 15. The summed E-state index contributed by atoms with van der Waals surface area (Å²) in [6.07, 6.45) is 13.2. The van der Waals surface area contributed by atoms with Crippen LogP contribution in [0.2, 0.25) is 0 Å². The van der Waals surface area contributed by atoms with Crippen LogP contribution in [0.1, 0.15) is 81.1 Å². The van der Waals surface area contributed by atoms with E-state index in [-0.39, 0.29) is 73.9 Å². The van der Waals surface area contributed by atoms with Crippen LogP contribution in [0, 0.1) is 22.7 Å². The molecule has 8 heteroatoms. The van der Waals surface area contributed by atoms with E-state index in [1.807, 2.05) is 38.2 Å². The summed E-state index contributed by atoms with van der Waals surface area (Å²) in [6, 6.07) is 0. The Kier molecular flexibility index (Phi) is 13.2. The van der Waals surface area contributed by atoms with Crippen molar-refractivity contribution in [2.45, 2.75) is 92.3 Å². The van der Waals surface area contributed by atoms with E-state index in [4.69, 9.17) is 18.9 Å². The summed E-state index contributed by atoms with van der Waals surface area (Å²) in [6.45, 7) is 17.8. The van der Waals surface area contributed by atoms with Crippen molar-refractivity contribution < 1.29 is 38.7 Å². The quantitative estimate of drug-likeness (QED) is 0.190. The lowest BCUT2D eigenvalue weighted by molar-refractivity contribution is -0.146. The van der Waals surface area contributed by atoms with Gasteiger partial charge in [-0.05, 0) is 37.5 Å². The molecule has 0 radical (unpaired) electrons. The standard InChI is InChI=1S/C34H54O8/c1-31(2,3)27-23-25(13-15-33(27,7)37)9-11-29(35)41-21-19-39-17-18-40-20-22-42-30(36)12-10-26-14-16-34(8,38)28(24-26)32(4,5)6/h13-16,23-24,27-28,37-38H,9-12,17-22H2,1-8H3. The maximum Gasteiger partial charge on any atom is 0.306 e. The summed E-state index contributed by atoms with van der Waals surface area (Å²) >= 11 is 0. The molecular formula is C34H54O8. The van der Waals surface area contributed by atoms with Crippen molar-refractivity contribution in [2.75, 3.05) is 39.6 Å². The molecule has 2 N–H and O–H groups in total. The molecule has 0 spiro atoms. The number of ether oxygens (including phenoxy) is 4. The number of hydrogen-bond acceptors (Lipinski definition) is 8. The minimum atomic E-state index is -0.902. The highest BCUT2D eigenvalue weighted by Crippen LogP contribution is 2.41. The normalized spacial score (nSPS) is 26.0. The zero-order chi connectivity index (χ0) is 31.6. The maximum atomic E-state index is 12.1. The zero-order valence-electron chi connectivity index (χ0n) is 27.0. The molecular weight excluding hydrogens is 536 g/mol. The van der Waals surface area contributed by atoms with Crippen LogP contribution >= 0.6 is 0 Å². The Hall–Kier alpha value is -2.26. The molecule has 0 heterocycles. The molecule has 4 atom stereocenters. The van der Waals surface area contributed by atoms with Crippen molar-refractivity contribution in [3.8, 4) is 0 Å². The van der Waals surface area contributed by atoms with E-state index in [1.54, 1.807) is 0 Å². The maximum absolute atomic E-state index is 12.1. The third-order valence-corrected chi connectivity index (χ3v) is 7.75. The van der Waals surface area contributed by atoms with E-state index in [1.165, 1.54) is 0 Å². The van der Waals surface area contributed by atoms with Crippen molar-refractivity contribution in [2.24, 2.45) is 22.7 Å². The Labute approximate surface area is 252 Å². The Morgan fingerprint density at radius 3 is 1.33 bits per heavy atom. The average Bonchev–Trinajstić information content (AvgIpc) is 2.86. The van der Waals surface area contributed by atoms with Gasteiger partial charge in [-0.15, -0.1) is 0 Å². The van der Waals surface area contributed by atoms with Crippen LogP contribution in [0.4, 0.5) is 0 Å². The highest BCUT2D eigenvalue weighted by molar-refractivity contribution is 5.70. The molecule has 0 bridgehead atoms. The number of carbonyl (C=O) groups excluding carboxylic acids is 2. The number of hydrogen-bond donors (Lipinski definition) is 2. The Balaban J connectivity index is 1.49. The summed E-state index contributed by atoms with van der Waals surface area (Å²) in [5, 5.41) is 21.3. The highest BCUT2D eigenvalue weighted by atomic mass is 16.6. The Morgan fingerprint density at radius 1 is 0.667 bits per heavy atom. The van der Waals surface area contributed by atoms with Crippen LogP contribution in [0.15, 0.2) is 47.6 Å². The van der Waals surface area contributed by atoms with E-state index in [0.29, 0.717) is 26.1 Å². The van der Waals surface area contributed by atoms with Gasteiger partial charge in [0, 0.05) is 24.7 Å². The summed E-state index contributed by atoms with van der Waals surface area (Å²) in [5.74, 6) is -0.639. The topological polar surface area (TPSA) is 112 Å². The van der Waals surface area contributed by atoms with Crippen LogP contribution in [-0.2, 0) is 28.5 Å². The van der Waals surface area contributed by atoms with Gasteiger partial charge in [0.05, 0.1) is 37.6 Å². The molecule has 0 amide bonds. The molecule has 42 heavy (non-hydrogen) atoms. The predicted octanol–water partition coefficient (Wildman–Crippen LogP) is 5.49. The minimum absolute atomic E-state index is 0.0345. The van der Waals surface area contributed by atoms with Gasteiger partial charge in [-0.3, -0.25) is 9.59 Å². The van der Waals surface area contributed by atoms with Gasteiger partial charge < -0.3 is 29.2 Å². The molecule has 238 valence electrons. The summed E-state index contributed by atoms with van der Waals surface area (Å²) in [4.78, 5) is 24.2. The van der Waals surface area contributed by atoms with Gasteiger partial charge in [0.25, 0.3) is 0 Å². The molecule has 2 aliphatic carbocycles. The second kappa shape index (κ2) is 15.5. The van der Waals surface area contributed by atoms with E-state index in [9.17, 15) is 19.8 Å². The molecule has 0 saturated heterocycles. The molecule has 8 nitrogen and oxygen atoms in total. The first kappa shape index (κ1) is 35.9. The second-order valence-electron chi connectivity index (χ2n) is 14.0. The third-order valence-electron chi connectivity index (χ3n) is 7.75. The van der Waals surface area contributed by atoms with E-state index < -0.39 is 11.2 Å². The van der Waals surface area contributed by atoms with Gasteiger partial charge in [0.2, 0.25) is 0 Å². The minimum Gasteiger partial charge on any atom is -0.463 e. The first-order valence-corrected chi connectivity index (χ1v) is 15.1. The molecule has 2 aliphatic rings. The number of carbonyl (C=O) groups is 2. The van der Waals surface area contributed by atoms with Gasteiger partial charge in [-0.25, -0.2) is 0 Å². The Bertz CT molecular complexity index is 935. The monoisotopic (exact) mass is 590 g/mol. The summed E-state index contributed by atoms with van der Waals surface area (Å²) in [7, 11) is 0. The van der Waals surface area contributed by atoms with Gasteiger partial charge in [0.15, 0.2) is 0 Å². The first-order chi connectivity index (χ1) is 19.4. The molecule has 0 aliphatic heterocycles. The summed E-state index contributed by atoms with van der Waals surface area (Å²) in [5.41, 5.74) is 0.0538. The molecule has 0 aromatic carbocycles. The third kappa shape index (κ3) is 12.2. The van der Waals surface area contributed by atoms with Crippen molar-refractivity contribution in [1.29, 1.82) is 0 Å². The van der Waals surface area contributed by atoms with Crippen LogP contribution in [0.5, 0.6) is 0 Å². The van der Waals surface area contributed by atoms with E-state index >= 15 is 0 Å². The van der Waals surface area contributed by atoms with Crippen molar-refractivity contribution >= 4 is 11.9 Å². The molecule has 2 rings (SSSR count). The fourth-order valence-corrected chi connectivity index (χ4v) is 5.61. The van der Waals surface area contributed by atoms with E-state index in [0.717, 1.165) is 11.1 Å². The van der Waals surface area contributed by atoms with Gasteiger partial charge in [0.1, 0.15) is 13.2 Å². The number of esters is 2. The van der Waals surface area contributed by atoms with Crippen molar-refractivity contribution in [3.63, 3.8) is 0 Å². The molecule has 4 unspecified atom stereocenters. The molecule has 0 aromatic rings. The van der Waals surface area contributed by atoms with Crippen LogP contribution in [0.3, 0.4) is 0 Å². The molecule has 0 fully saturated rings. The van der Waals surface area contributed by atoms with Crippen LogP contribution in [-0.4, -0.2) is 73.0 Å². The fourth-order valence-electron chi connectivity index (χ4n) is 5.61. The van der Waals surface area contributed by atoms with Crippen LogP contribution < -0.4 is 0 Å². The SMILES string of the molecule is CC(C)(C)C1C=C(CCC(=O)OCCOCCOCCOC(=O)CCC2=CC(C(C)(C)C)C(C)(O)C=C2)C=CC1(C)O. The average molecular weight is 591 g/mol. The number of allylic oxidation sites excluding steroid dienone is 4. The predicted molar refractivity (Wildman–Crippen MR) is 164 cm³/mol. The van der Waals surface area contributed by atoms with Crippen LogP contribution in [0.25, 0.3) is 0 Å².